The van der Waals surface area contributed by atoms with Crippen LogP contribution in [-0.4, -0.2) is 27.7 Å². The number of hydrogen-bond acceptors (Lipinski definition) is 6. The van der Waals surface area contributed by atoms with Gasteiger partial charge in [0.25, 0.3) is 0 Å². The molecule has 1 aromatic heterocycles. The van der Waals surface area contributed by atoms with Crippen LogP contribution in [0, 0.1) is 11.3 Å². The second kappa shape index (κ2) is 6.84. The Morgan fingerprint density at radius 2 is 2.44 bits per heavy atom. The molecule has 0 aliphatic carbocycles. The van der Waals surface area contributed by atoms with Crippen molar-refractivity contribution in [3.8, 4) is 6.07 Å². The highest BCUT2D eigenvalue weighted by atomic mass is 32.2. The van der Waals surface area contributed by atoms with Crippen LogP contribution in [0.5, 0.6) is 0 Å². The van der Waals surface area contributed by atoms with Crippen LogP contribution in [0.1, 0.15) is 26.2 Å². The minimum atomic E-state index is -0.382. The molecule has 0 saturated heterocycles. The van der Waals surface area contributed by atoms with E-state index < -0.39 is 0 Å². The van der Waals surface area contributed by atoms with Crippen LogP contribution in [-0.2, 0) is 0 Å². The lowest BCUT2D eigenvalue weighted by atomic mass is 9.97. The van der Waals surface area contributed by atoms with Crippen LogP contribution in [0.4, 0.5) is 0 Å². The maximum atomic E-state index is 8.96. The lowest BCUT2D eigenvalue weighted by Crippen LogP contribution is -2.37. The predicted molar refractivity (Wildman–Crippen MR) is 67.6 cm³/mol. The van der Waals surface area contributed by atoms with Crippen molar-refractivity contribution in [2.75, 3.05) is 12.8 Å². The van der Waals surface area contributed by atoms with Crippen molar-refractivity contribution in [1.29, 1.82) is 5.26 Å². The van der Waals surface area contributed by atoms with E-state index in [4.69, 9.17) is 5.26 Å². The Hall–Kier alpha value is -0.640. The molecule has 0 spiro atoms. The van der Waals surface area contributed by atoms with E-state index in [0.29, 0.717) is 0 Å². The van der Waals surface area contributed by atoms with Crippen molar-refractivity contribution < 1.29 is 0 Å². The van der Waals surface area contributed by atoms with Crippen LogP contribution in [0.15, 0.2) is 10.7 Å². The molecule has 0 amide bonds. The van der Waals surface area contributed by atoms with Crippen LogP contribution >= 0.6 is 23.3 Å². The van der Waals surface area contributed by atoms with Crippen molar-refractivity contribution in [1.82, 2.24) is 14.7 Å². The Kier molecular flexibility index (Phi) is 5.74. The second-order valence-electron chi connectivity index (χ2n) is 3.71. The smallest absolute Gasteiger partial charge is 0.169 e. The Labute approximate surface area is 105 Å². The summed E-state index contributed by atoms with van der Waals surface area (Å²) in [5.41, 5.74) is -0.382. The summed E-state index contributed by atoms with van der Waals surface area (Å²) in [6.45, 7) is 1.94. The Balaban J connectivity index is 2.11. The first-order valence-corrected chi connectivity index (χ1v) is 6.96. The maximum absolute atomic E-state index is 8.96. The Morgan fingerprint density at radius 3 is 3.00 bits per heavy atom. The molecule has 0 fully saturated rings. The molecular weight excluding hydrogens is 240 g/mol. The highest BCUT2D eigenvalue weighted by Gasteiger charge is 2.19. The van der Waals surface area contributed by atoms with E-state index >= 15 is 0 Å². The van der Waals surface area contributed by atoms with Gasteiger partial charge in [-0.1, -0.05) is 11.8 Å². The fourth-order valence-electron chi connectivity index (χ4n) is 1.20. The summed E-state index contributed by atoms with van der Waals surface area (Å²) in [6.07, 6.45) is 4.62. The molecule has 0 bridgehead atoms. The Morgan fingerprint density at radius 1 is 1.62 bits per heavy atom. The molecule has 1 atom stereocenters. The highest BCUT2D eigenvalue weighted by molar-refractivity contribution is 8.00. The van der Waals surface area contributed by atoms with Gasteiger partial charge in [0.15, 0.2) is 4.34 Å². The van der Waals surface area contributed by atoms with E-state index in [2.05, 4.69) is 20.7 Å². The third kappa shape index (κ3) is 4.47. The topological polar surface area (TPSA) is 61.6 Å². The summed E-state index contributed by atoms with van der Waals surface area (Å²) >= 11 is 3.17. The van der Waals surface area contributed by atoms with E-state index in [0.717, 1.165) is 29.4 Å². The summed E-state index contributed by atoms with van der Waals surface area (Å²) in [4.78, 5) is 4.10. The first-order valence-electron chi connectivity index (χ1n) is 5.20. The molecule has 4 nitrogen and oxygen atoms in total. The number of hydrogen-bond donors (Lipinski definition) is 1. The molecule has 1 N–H and O–H groups in total. The van der Waals surface area contributed by atoms with E-state index in [-0.39, 0.29) is 5.54 Å². The van der Waals surface area contributed by atoms with Crippen molar-refractivity contribution in [3.63, 3.8) is 0 Å². The molecular formula is C10H16N4S2. The summed E-state index contributed by atoms with van der Waals surface area (Å²) in [5, 5.41) is 12.0. The van der Waals surface area contributed by atoms with E-state index in [1.54, 1.807) is 18.1 Å². The maximum Gasteiger partial charge on any atom is 0.169 e. The largest absolute Gasteiger partial charge is 0.303 e. The van der Waals surface area contributed by atoms with Gasteiger partial charge in [-0.25, -0.2) is 4.98 Å². The molecule has 0 aromatic carbocycles. The molecule has 0 aliphatic heterocycles. The second-order valence-corrected chi connectivity index (χ2v) is 5.83. The van der Waals surface area contributed by atoms with E-state index in [9.17, 15) is 0 Å². The summed E-state index contributed by atoms with van der Waals surface area (Å²) in [7, 11) is 1.83. The first-order chi connectivity index (χ1) is 7.70. The van der Waals surface area contributed by atoms with Crippen molar-refractivity contribution >= 4 is 23.3 Å². The van der Waals surface area contributed by atoms with Crippen molar-refractivity contribution in [3.05, 3.63) is 6.33 Å². The molecule has 0 aliphatic rings. The molecule has 88 valence electrons. The fourth-order valence-corrected chi connectivity index (χ4v) is 2.72. The monoisotopic (exact) mass is 256 g/mol. The quantitative estimate of drug-likeness (QED) is 0.599. The normalized spacial score (nSPS) is 14.3. The minimum absolute atomic E-state index is 0.382. The van der Waals surface area contributed by atoms with Crippen LogP contribution in [0.2, 0.25) is 0 Å². The number of thioether (sulfide) groups is 1. The molecule has 6 heteroatoms. The van der Waals surface area contributed by atoms with Gasteiger partial charge in [0.2, 0.25) is 0 Å². The Bertz CT molecular complexity index is 333. The first kappa shape index (κ1) is 13.4. The van der Waals surface area contributed by atoms with Gasteiger partial charge >= 0.3 is 0 Å². The van der Waals surface area contributed by atoms with Crippen molar-refractivity contribution in [2.24, 2.45) is 0 Å². The zero-order valence-corrected chi connectivity index (χ0v) is 11.2. The molecule has 1 aromatic rings. The van der Waals surface area contributed by atoms with Gasteiger partial charge in [-0.2, -0.15) is 9.64 Å². The fraction of sp³-hybridized carbons (Fsp3) is 0.700. The summed E-state index contributed by atoms with van der Waals surface area (Å²) in [6, 6.07) is 2.29. The summed E-state index contributed by atoms with van der Waals surface area (Å²) < 4.78 is 4.97. The lowest BCUT2D eigenvalue weighted by Gasteiger charge is -2.19. The zero-order chi connectivity index (χ0) is 11.9. The van der Waals surface area contributed by atoms with Gasteiger partial charge in [-0.3, -0.25) is 0 Å². The number of rotatable bonds is 7. The SMILES string of the molecule is CNC(C)(C#N)CCCCSc1ncns1. The standard InChI is InChI=1S/C10H16N4S2/c1-10(7-11,12-2)5-3-4-6-15-9-13-8-14-16-9/h8,12H,3-6H2,1-2H3. The van der Waals surface area contributed by atoms with Crippen molar-refractivity contribution in [2.45, 2.75) is 36.1 Å². The third-order valence-electron chi connectivity index (χ3n) is 2.44. The van der Waals surface area contributed by atoms with Crippen LogP contribution in [0.25, 0.3) is 0 Å². The number of unbranched alkanes of at least 4 members (excludes halogenated alkanes) is 1. The van der Waals surface area contributed by atoms with Gasteiger partial charge < -0.3 is 5.32 Å². The number of nitrogens with zero attached hydrogens (tertiary/aromatic N) is 3. The minimum Gasteiger partial charge on any atom is -0.303 e. The van der Waals surface area contributed by atoms with Gasteiger partial charge in [0.05, 0.1) is 6.07 Å². The number of nitriles is 1. The average molecular weight is 256 g/mol. The van der Waals surface area contributed by atoms with Gasteiger partial charge in [0, 0.05) is 5.75 Å². The summed E-state index contributed by atoms with van der Waals surface area (Å²) in [5.74, 6) is 1.04. The number of nitrogens with one attached hydrogen (secondary N) is 1. The van der Waals surface area contributed by atoms with Gasteiger partial charge in [0.1, 0.15) is 11.9 Å². The molecule has 16 heavy (non-hydrogen) atoms. The molecule has 1 unspecified atom stereocenters. The third-order valence-corrected chi connectivity index (χ3v) is 4.32. The highest BCUT2D eigenvalue weighted by Crippen LogP contribution is 2.21. The van der Waals surface area contributed by atoms with E-state index in [1.807, 2.05) is 14.0 Å². The molecule has 1 heterocycles. The van der Waals surface area contributed by atoms with Crippen LogP contribution in [0.3, 0.4) is 0 Å². The number of aromatic nitrogens is 2. The van der Waals surface area contributed by atoms with Crippen LogP contribution < -0.4 is 5.32 Å². The molecule has 1 rings (SSSR count). The average Bonchev–Trinajstić information content (AvgIpc) is 2.81. The molecule has 0 radical (unpaired) electrons. The van der Waals surface area contributed by atoms with Gasteiger partial charge in [-0.05, 0) is 44.8 Å². The zero-order valence-electron chi connectivity index (χ0n) is 9.56. The van der Waals surface area contributed by atoms with Gasteiger partial charge in [-0.15, -0.1) is 0 Å². The lowest BCUT2D eigenvalue weighted by molar-refractivity contribution is 0.439. The predicted octanol–water partition coefficient (Wildman–Crippen LogP) is 2.30. The van der Waals surface area contributed by atoms with E-state index in [1.165, 1.54) is 11.5 Å². The molecule has 0 saturated carbocycles.